The molecule has 0 radical (unpaired) electrons. The highest BCUT2D eigenvalue weighted by atomic mass is 35.5. The average molecular weight is 692 g/mol. The maximum atomic E-state index is 14.2. The molecule has 50 heavy (non-hydrogen) atoms. The van der Waals surface area contributed by atoms with Crippen LogP contribution in [0.5, 0.6) is 5.88 Å². The van der Waals surface area contributed by atoms with Gasteiger partial charge < -0.3 is 19.4 Å². The molecule has 8 rings (SSSR count). The van der Waals surface area contributed by atoms with Crippen molar-refractivity contribution in [2.24, 2.45) is 0 Å². The Balaban J connectivity index is 0.964. The summed E-state index contributed by atoms with van der Waals surface area (Å²) in [7, 11) is 0. The van der Waals surface area contributed by atoms with Crippen LogP contribution >= 0.6 is 11.6 Å². The highest BCUT2D eigenvalue weighted by Gasteiger charge is 2.24. The molecule has 5 heterocycles. The smallest absolute Gasteiger partial charge is 0.255 e. The van der Waals surface area contributed by atoms with E-state index in [0.717, 1.165) is 83.7 Å². The lowest BCUT2D eigenvalue weighted by Gasteiger charge is -2.29. The first-order valence-electron chi connectivity index (χ1n) is 16.7. The van der Waals surface area contributed by atoms with Crippen molar-refractivity contribution >= 4 is 50.7 Å². The lowest BCUT2D eigenvalue weighted by atomic mass is 10.0. The summed E-state index contributed by atoms with van der Waals surface area (Å²) < 4.78 is 28.1. The first-order valence-corrected chi connectivity index (χ1v) is 17.1. The largest absolute Gasteiger partial charge is 0.473 e. The summed E-state index contributed by atoms with van der Waals surface area (Å²) >= 11 is 5.88. The first-order chi connectivity index (χ1) is 24.4. The fourth-order valence-electron chi connectivity index (χ4n) is 6.54. The van der Waals surface area contributed by atoms with Crippen LogP contribution in [0.3, 0.4) is 0 Å². The normalized spacial score (nSPS) is 16.4. The topological polar surface area (TPSA) is 110 Å². The van der Waals surface area contributed by atoms with Gasteiger partial charge in [0.25, 0.3) is 5.91 Å². The molecule has 0 saturated carbocycles. The van der Waals surface area contributed by atoms with Crippen LogP contribution in [0, 0.1) is 12.7 Å². The number of aromatic nitrogens is 5. The van der Waals surface area contributed by atoms with Gasteiger partial charge in [0.1, 0.15) is 18.2 Å². The van der Waals surface area contributed by atoms with E-state index in [1.54, 1.807) is 24.4 Å². The molecule has 2 aliphatic rings. The van der Waals surface area contributed by atoms with Crippen LogP contribution in [0.25, 0.3) is 27.5 Å². The van der Waals surface area contributed by atoms with E-state index in [0.29, 0.717) is 34.3 Å². The van der Waals surface area contributed by atoms with E-state index in [1.165, 1.54) is 6.07 Å². The van der Waals surface area contributed by atoms with Gasteiger partial charge in [0.05, 0.1) is 47.6 Å². The molecule has 0 spiro atoms. The number of imidazole rings is 1. The number of pyridine rings is 1. The van der Waals surface area contributed by atoms with Crippen molar-refractivity contribution in [3.05, 3.63) is 118 Å². The van der Waals surface area contributed by atoms with E-state index < -0.39 is 5.82 Å². The Labute approximate surface area is 292 Å². The van der Waals surface area contributed by atoms with Crippen LogP contribution in [0.15, 0.2) is 79.0 Å². The van der Waals surface area contributed by atoms with Crippen molar-refractivity contribution in [1.82, 2.24) is 29.6 Å². The second kappa shape index (κ2) is 13.7. The third kappa shape index (κ3) is 6.72. The van der Waals surface area contributed by atoms with Gasteiger partial charge in [-0.25, -0.2) is 14.4 Å². The second-order valence-electron chi connectivity index (χ2n) is 12.8. The zero-order valence-electron chi connectivity index (χ0n) is 27.5. The molecule has 1 atom stereocenters. The maximum absolute atomic E-state index is 14.2. The summed E-state index contributed by atoms with van der Waals surface area (Å²) in [6.45, 7) is 5.77. The minimum absolute atomic E-state index is 0.0645. The number of ether oxygens (including phenoxy) is 2. The monoisotopic (exact) mass is 691 g/mol. The van der Waals surface area contributed by atoms with Crippen molar-refractivity contribution in [1.29, 1.82) is 0 Å². The van der Waals surface area contributed by atoms with Gasteiger partial charge in [0, 0.05) is 53.0 Å². The lowest BCUT2D eigenvalue weighted by Crippen LogP contribution is -2.33. The van der Waals surface area contributed by atoms with Gasteiger partial charge in [-0.2, -0.15) is 5.10 Å². The summed E-state index contributed by atoms with van der Waals surface area (Å²) in [5, 5.41) is 11.4. The quantitative estimate of drug-likeness (QED) is 0.155. The number of rotatable bonds is 10. The number of hydrogen-bond acceptors (Lipinski definition) is 7. The van der Waals surface area contributed by atoms with Gasteiger partial charge in [0.2, 0.25) is 5.88 Å². The molecule has 12 heteroatoms. The Morgan fingerprint density at radius 3 is 2.84 bits per heavy atom. The van der Waals surface area contributed by atoms with Gasteiger partial charge in [-0.3, -0.25) is 14.8 Å². The Kier molecular flexibility index (Phi) is 8.78. The van der Waals surface area contributed by atoms with Gasteiger partial charge in [-0.05, 0) is 79.4 Å². The standard InChI is InChI=1S/C38H35ClFN7O3/c1-23-15-26(16-27-19-41-45-37(23)27)38(48)42-29-7-8-34-33(18-29)43-35(47(34)20-30-11-14-49-30)21-46-12-9-24(10-13-46)32-3-2-4-36(44-32)50-22-25-5-6-28(39)17-31(25)40/h2-9,15-19,30H,10-14,20-22H2,1H3,(H,41,45)(H,42,48)/t30-/m0/s1. The highest BCUT2D eigenvalue weighted by molar-refractivity contribution is 6.30. The molecule has 254 valence electrons. The molecule has 0 unspecified atom stereocenters. The number of carbonyl (C=O) groups excluding carboxylic acids is 1. The van der Waals surface area contributed by atoms with E-state index >= 15 is 0 Å². The van der Waals surface area contributed by atoms with Crippen LogP contribution < -0.4 is 10.1 Å². The molecule has 1 fully saturated rings. The number of anilines is 1. The number of aromatic amines is 1. The molecule has 1 saturated heterocycles. The fraction of sp³-hybridized carbons (Fsp3) is 0.263. The SMILES string of the molecule is Cc1cc(C(=O)Nc2ccc3c(c2)nc(CN2CC=C(c4cccc(OCc5ccc(Cl)cc5F)n4)CC2)n3C[C@@H]2CCO2)cc2cn[nH]c12. The molecule has 2 N–H and O–H groups in total. The molecule has 6 aromatic rings. The van der Waals surface area contributed by atoms with Gasteiger partial charge in [0.15, 0.2) is 0 Å². The third-order valence-electron chi connectivity index (χ3n) is 9.37. The van der Waals surface area contributed by atoms with Gasteiger partial charge in [-0.15, -0.1) is 0 Å². The zero-order chi connectivity index (χ0) is 34.2. The third-order valence-corrected chi connectivity index (χ3v) is 9.61. The Bertz CT molecular complexity index is 2260. The van der Waals surface area contributed by atoms with E-state index in [2.05, 4.69) is 31.1 Å². The van der Waals surface area contributed by atoms with Crippen molar-refractivity contribution in [2.75, 3.05) is 25.0 Å². The number of amides is 1. The number of fused-ring (bicyclic) bond motifs is 2. The predicted octanol–water partition coefficient (Wildman–Crippen LogP) is 7.32. The first kappa shape index (κ1) is 32.1. The zero-order valence-corrected chi connectivity index (χ0v) is 28.2. The van der Waals surface area contributed by atoms with E-state index in [-0.39, 0.29) is 18.6 Å². The number of aryl methyl sites for hydroxylation is 1. The number of carbonyl (C=O) groups is 1. The summed E-state index contributed by atoms with van der Waals surface area (Å²) in [5.41, 5.74) is 7.40. The summed E-state index contributed by atoms with van der Waals surface area (Å²) in [6.07, 6.45) is 5.93. The van der Waals surface area contributed by atoms with Crippen molar-refractivity contribution in [2.45, 2.75) is 45.6 Å². The Morgan fingerprint density at radius 1 is 1.14 bits per heavy atom. The number of hydrogen-bond donors (Lipinski definition) is 2. The van der Waals surface area contributed by atoms with E-state index in [9.17, 15) is 9.18 Å². The second-order valence-corrected chi connectivity index (χ2v) is 13.2. The molecular weight excluding hydrogens is 657 g/mol. The van der Waals surface area contributed by atoms with E-state index in [1.807, 2.05) is 49.4 Å². The van der Waals surface area contributed by atoms with Crippen LogP contribution in [-0.4, -0.2) is 61.3 Å². The van der Waals surface area contributed by atoms with Crippen molar-refractivity contribution in [3.8, 4) is 5.88 Å². The van der Waals surface area contributed by atoms with Crippen molar-refractivity contribution < 1.29 is 18.7 Å². The summed E-state index contributed by atoms with van der Waals surface area (Å²) in [6, 6.07) is 19.8. The predicted molar refractivity (Wildman–Crippen MR) is 191 cm³/mol. The molecule has 0 aliphatic carbocycles. The van der Waals surface area contributed by atoms with Crippen LogP contribution in [0.4, 0.5) is 10.1 Å². The molecule has 3 aromatic heterocycles. The number of H-pyrrole nitrogens is 1. The summed E-state index contributed by atoms with van der Waals surface area (Å²) in [4.78, 5) is 25.4. The van der Waals surface area contributed by atoms with E-state index in [4.69, 9.17) is 31.0 Å². The number of benzene rings is 3. The minimum Gasteiger partial charge on any atom is -0.473 e. The van der Waals surface area contributed by atoms with Crippen LogP contribution in [0.1, 0.15) is 45.8 Å². The highest BCUT2D eigenvalue weighted by Crippen LogP contribution is 2.28. The molecular formula is C38H35ClFN7O3. The van der Waals surface area contributed by atoms with Gasteiger partial charge >= 0.3 is 0 Å². The lowest BCUT2D eigenvalue weighted by molar-refractivity contribution is -0.0591. The molecule has 0 bridgehead atoms. The van der Waals surface area contributed by atoms with Crippen molar-refractivity contribution in [3.63, 3.8) is 0 Å². The molecule has 10 nitrogen and oxygen atoms in total. The molecule has 1 amide bonds. The fourth-order valence-corrected chi connectivity index (χ4v) is 6.69. The van der Waals surface area contributed by atoms with Gasteiger partial charge in [-0.1, -0.05) is 29.8 Å². The van der Waals surface area contributed by atoms with Crippen LogP contribution in [-0.2, 0) is 24.4 Å². The molecule has 3 aromatic carbocycles. The Morgan fingerprint density at radius 2 is 2.04 bits per heavy atom. The Hall–Kier alpha value is -5.10. The minimum atomic E-state index is -0.403. The molecule has 2 aliphatic heterocycles. The number of nitrogens with one attached hydrogen (secondary N) is 2. The van der Waals surface area contributed by atoms with Crippen LogP contribution in [0.2, 0.25) is 5.02 Å². The summed E-state index contributed by atoms with van der Waals surface area (Å²) in [5.74, 6) is 0.812. The maximum Gasteiger partial charge on any atom is 0.255 e. The number of halogens is 2. The average Bonchev–Trinajstić information content (AvgIpc) is 3.71. The number of nitrogens with zero attached hydrogens (tertiary/aromatic N) is 5.